The number of rotatable bonds is 7. The molecule has 1 unspecified atom stereocenters. The Morgan fingerprint density at radius 2 is 1.89 bits per heavy atom. The van der Waals surface area contributed by atoms with E-state index in [2.05, 4.69) is 5.32 Å². The summed E-state index contributed by atoms with van der Waals surface area (Å²) in [5, 5.41) is 1.98. The number of hydrogen-bond donors (Lipinski definition) is 1. The molecular formula is C20H18ClNO5S. The zero-order valence-electron chi connectivity index (χ0n) is 15.0. The Bertz CT molecular complexity index is 1050. The second-order valence-corrected chi connectivity index (χ2v) is 8.51. The molecule has 2 aromatic carbocycles. The zero-order valence-corrected chi connectivity index (χ0v) is 16.5. The van der Waals surface area contributed by atoms with Crippen molar-refractivity contribution in [3.63, 3.8) is 0 Å². The second kappa shape index (κ2) is 8.50. The first-order valence-electron chi connectivity index (χ1n) is 8.37. The highest BCUT2D eigenvalue weighted by Crippen LogP contribution is 2.30. The number of nitrogens with one attached hydrogen (secondary N) is 1. The number of ether oxygens (including phenoxy) is 1. The van der Waals surface area contributed by atoms with Gasteiger partial charge in [-0.3, -0.25) is 4.79 Å². The van der Waals surface area contributed by atoms with Crippen LogP contribution in [0.5, 0.6) is 5.75 Å². The summed E-state index contributed by atoms with van der Waals surface area (Å²) in [5.41, 5.74) is 0.340. The molecule has 1 heterocycles. The van der Waals surface area contributed by atoms with Crippen LogP contribution >= 0.6 is 11.6 Å². The lowest BCUT2D eigenvalue weighted by Crippen LogP contribution is -2.31. The second-order valence-electron chi connectivity index (χ2n) is 5.94. The summed E-state index contributed by atoms with van der Waals surface area (Å²) in [6.45, 7) is -0.160. The first-order valence-corrected chi connectivity index (χ1v) is 10.3. The molecule has 0 aliphatic carbocycles. The summed E-state index contributed by atoms with van der Waals surface area (Å²) in [4.78, 5) is 12.5. The third-order valence-electron chi connectivity index (χ3n) is 4.16. The van der Waals surface area contributed by atoms with Crippen LogP contribution in [-0.2, 0) is 9.84 Å². The number of benzene rings is 2. The molecule has 0 fully saturated rings. The molecule has 0 bridgehead atoms. The maximum atomic E-state index is 13.2. The summed E-state index contributed by atoms with van der Waals surface area (Å²) in [6, 6.07) is 15.6. The van der Waals surface area contributed by atoms with Gasteiger partial charge < -0.3 is 14.5 Å². The molecular weight excluding hydrogens is 402 g/mol. The van der Waals surface area contributed by atoms with Gasteiger partial charge in [0.1, 0.15) is 16.8 Å². The SMILES string of the molecule is COc1ccc(S(=O)(=O)C(CNC(=O)c2cccc(Cl)c2)c2ccco2)cc1. The summed E-state index contributed by atoms with van der Waals surface area (Å²) in [6.07, 6.45) is 1.39. The van der Waals surface area contributed by atoms with E-state index in [-0.39, 0.29) is 17.2 Å². The van der Waals surface area contributed by atoms with E-state index in [1.807, 2.05) is 0 Å². The van der Waals surface area contributed by atoms with Gasteiger partial charge in [-0.1, -0.05) is 17.7 Å². The van der Waals surface area contributed by atoms with Crippen LogP contribution in [0.1, 0.15) is 21.4 Å². The molecule has 1 N–H and O–H groups in total. The van der Waals surface area contributed by atoms with Gasteiger partial charge >= 0.3 is 0 Å². The Morgan fingerprint density at radius 3 is 2.50 bits per heavy atom. The molecule has 3 aromatic rings. The largest absolute Gasteiger partial charge is 0.497 e. The van der Waals surface area contributed by atoms with E-state index < -0.39 is 21.0 Å². The molecule has 0 saturated carbocycles. The van der Waals surface area contributed by atoms with Gasteiger partial charge in [-0.25, -0.2) is 8.42 Å². The molecule has 1 atom stereocenters. The third-order valence-corrected chi connectivity index (χ3v) is 6.47. The molecule has 0 saturated heterocycles. The average Bonchev–Trinajstić information content (AvgIpc) is 3.22. The molecule has 0 aliphatic rings. The van der Waals surface area contributed by atoms with Crippen molar-refractivity contribution in [1.29, 1.82) is 0 Å². The Kier molecular flexibility index (Phi) is 6.06. The first-order chi connectivity index (χ1) is 13.4. The van der Waals surface area contributed by atoms with Crippen molar-refractivity contribution in [3.05, 3.63) is 83.3 Å². The highest BCUT2D eigenvalue weighted by molar-refractivity contribution is 7.91. The van der Waals surface area contributed by atoms with Crippen molar-refractivity contribution in [2.45, 2.75) is 10.1 Å². The smallest absolute Gasteiger partial charge is 0.251 e. The fourth-order valence-corrected chi connectivity index (χ4v) is 4.46. The van der Waals surface area contributed by atoms with Gasteiger partial charge in [0, 0.05) is 17.1 Å². The molecule has 3 rings (SSSR count). The van der Waals surface area contributed by atoms with E-state index >= 15 is 0 Å². The predicted octanol–water partition coefficient (Wildman–Crippen LogP) is 3.89. The topological polar surface area (TPSA) is 85.6 Å². The normalized spacial score (nSPS) is 12.4. The maximum Gasteiger partial charge on any atom is 0.251 e. The van der Waals surface area contributed by atoms with E-state index in [1.165, 1.54) is 31.6 Å². The van der Waals surface area contributed by atoms with Gasteiger partial charge in [-0.2, -0.15) is 0 Å². The van der Waals surface area contributed by atoms with E-state index in [9.17, 15) is 13.2 Å². The maximum absolute atomic E-state index is 13.2. The van der Waals surface area contributed by atoms with Crippen LogP contribution in [0.2, 0.25) is 5.02 Å². The van der Waals surface area contributed by atoms with Crippen molar-refractivity contribution in [2.75, 3.05) is 13.7 Å². The van der Waals surface area contributed by atoms with Crippen LogP contribution in [-0.4, -0.2) is 28.0 Å². The number of carbonyl (C=O) groups excluding carboxylic acids is 1. The van der Waals surface area contributed by atoms with Gasteiger partial charge in [0.25, 0.3) is 5.91 Å². The standard InChI is InChI=1S/C20H18ClNO5S/c1-26-16-7-9-17(10-8-16)28(24,25)19(18-6-3-11-27-18)13-22-20(23)14-4-2-5-15(21)12-14/h2-12,19H,13H2,1H3,(H,22,23). The van der Waals surface area contributed by atoms with Crippen molar-refractivity contribution in [3.8, 4) is 5.75 Å². The molecule has 146 valence electrons. The van der Waals surface area contributed by atoms with Crippen molar-refractivity contribution >= 4 is 27.3 Å². The van der Waals surface area contributed by atoms with Gasteiger partial charge in [-0.05, 0) is 54.6 Å². The van der Waals surface area contributed by atoms with Gasteiger partial charge in [0.05, 0.1) is 18.3 Å². The van der Waals surface area contributed by atoms with E-state index in [1.54, 1.807) is 42.5 Å². The van der Waals surface area contributed by atoms with Crippen LogP contribution in [0.3, 0.4) is 0 Å². The Hall–Kier alpha value is -2.77. The fraction of sp³-hybridized carbons (Fsp3) is 0.150. The van der Waals surface area contributed by atoms with Crippen LogP contribution < -0.4 is 10.1 Å². The number of carbonyl (C=O) groups is 1. The van der Waals surface area contributed by atoms with Crippen LogP contribution in [0.15, 0.2) is 76.2 Å². The lowest BCUT2D eigenvalue weighted by Gasteiger charge is -2.17. The number of sulfone groups is 1. The molecule has 6 nitrogen and oxygen atoms in total. The average molecular weight is 420 g/mol. The van der Waals surface area contributed by atoms with Crippen LogP contribution in [0.25, 0.3) is 0 Å². The molecule has 28 heavy (non-hydrogen) atoms. The minimum absolute atomic E-state index is 0.103. The lowest BCUT2D eigenvalue weighted by atomic mass is 10.2. The number of hydrogen-bond acceptors (Lipinski definition) is 5. The minimum atomic E-state index is -3.83. The third kappa shape index (κ3) is 4.37. The molecule has 8 heteroatoms. The lowest BCUT2D eigenvalue weighted by molar-refractivity contribution is 0.0953. The van der Waals surface area contributed by atoms with E-state index in [0.717, 1.165) is 0 Å². The van der Waals surface area contributed by atoms with Crippen LogP contribution in [0.4, 0.5) is 0 Å². The highest BCUT2D eigenvalue weighted by Gasteiger charge is 2.32. The predicted molar refractivity (Wildman–Crippen MR) is 105 cm³/mol. The number of furan rings is 1. The summed E-state index contributed by atoms with van der Waals surface area (Å²) >= 11 is 5.91. The first kappa shape index (κ1) is 20.0. The van der Waals surface area contributed by atoms with Crippen molar-refractivity contribution < 1.29 is 22.4 Å². The number of amides is 1. The van der Waals surface area contributed by atoms with Crippen LogP contribution in [0, 0.1) is 0 Å². The monoisotopic (exact) mass is 419 g/mol. The summed E-state index contributed by atoms with van der Waals surface area (Å²) in [7, 11) is -2.32. The van der Waals surface area contributed by atoms with Crippen molar-refractivity contribution in [2.24, 2.45) is 0 Å². The van der Waals surface area contributed by atoms with Crippen molar-refractivity contribution in [1.82, 2.24) is 5.32 Å². The zero-order chi connectivity index (χ0) is 20.1. The van der Waals surface area contributed by atoms with Gasteiger partial charge in [-0.15, -0.1) is 0 Å². The summed E-state index contributed by atoms with van der Waals surface area (Å²) in [5.74, 6) is 0.356. The molecule has 1 aromatic heterocycles. The molecule has 0 aliphatic heterocycles. The number of methoxy groups -OCH3 is 1. The Morgan fingerprint density at radius 1 is 1.14 bits per heavy atom. The van der Waals surface area contributed by atoms with E-state index in [4.69, 9.17) is 20.8 Å². The Balaban J connectivity index is 1.86. The van der Waals surface area contributed by atoms with Gasteiger partial charge in [0.15, 0.2) is 9.84 Å². The molecule has 0 spiro atoms. The number of halogens is 1. The summed E-state index contributed by atoms with van der Waals surface area (Å²) < 4.78 is 36.7. The van der Waals surface area contributed by atoms with E-state index in [0.29, 0.717) is 16.3 Å². The highest BCUT2D eigenvalue weighted by atomic mass is 35.5. The minimum Gasteiger partial charge on any atom is -0.497 e. The quantitative estimate of drug-likeness (QED) is 0.628. The molecule has 0 radical (unpaired) electrons. The Labute approximate surface area is 168 Å². The van der Waals surface area contributed by atoms with Gasteiger partial charge in [0.2, 0.25) is 0 Å². The fourth-order valence-electron chi connectivity index (χ4n) is 2.68. The molecule has 1 amide bonds.